The van der Waals surface area contributed by atoms with E-state index in [1.165, 1.54) is 6.07 Å². The molecule has 0 aliphatic carbocycles. The largest absolute Gasteiger partial charge is 0.271 e. The lowest BCUT2D eigenvalue weighted by atomic mass is 9.97. The van der Waals surface area contributed by atoms with Gasteiger partial charge in [-0.1, -0.05) is 47.0 Å². The molecular formula is C14H13Cl2FN2. The van der Waals surface area contributed by atoms with Crippen LogP contribution in [0.25, 0.3) is 0 Å². The first-order valence-electron chi connectivity index (χ1n) is 5.70. The highest BCUT2D eigenvalue weighted by molar-refractivity contribution is 6.35. The molecule has 0 aliphatic heterocycles. The lowest BCUT2D eigenvalue weighted by Gasteiger charge is -2.19. The van der Waals surface area contributed by atoms with Crippen LogP contribution in [0.15, 0.2) is 36.4 Å². The summed E-state index contributed by atoms with van der Waals surface area (Å²) in [6.45, 7) is 1.89. The second-order valence-corrected chi connectivity index (χ2v) is 5.13. The number of rotatable bonds is 3. The molecule has 0 heterocycles. The SMILES string of the molecule is Cc1ccc(F)c(C(NN)c2ccc(Cl)cc2Cl)c1. The van der Waals surface area contributed by atoms with Gasteiger partial charge in [0.05, 0.1) is 6.04 Å². The maximum Gasteiger partial charge on any atom is 0.128 e. The van der Waals surface area contributed by atoms with Crippen LogP contribution in [0.4, 0.5) is 4.39 Å². The molecule has 2 rings (SSSR count). The molecule has 0 saturated heterocycles. The first-order chi connectivity index (χ1) is 9.02. The molecule has 0 aromatic heterocycles. The fourth-order valence-corrected chi connectivity index (χ4v) is 2.48. The fraction of sp³-hybridized carbons (Fsp3) is 0.143. The summed E-state index contributed by atoms with van der Waals surface area (Å²) in [4.78, 5) is 0. The minimum Gasteiger partial charge on any atom is -0.271 e. The average molecular weight is 299 g/mol. The van der Waals surface area contributed by atoms with Crippen molar-refractivity contribution in [2.75, 3.05) is 0 Å². The molecule has 0 aliphatic rings. The van der Waals surface area contributed by atoms with Crippen molar-refractivity contribution in [1.82, 2.24) is 5.43 Å². The van der Waals surface area contributed by atoms with Crippen LogP contribution in [-0.2, 0) is 0 Å². The molecule has 1 unspecified atom stereocenters. The van der Waals surface area contributed by atoms with Crippen molar-refractivity contribution in [3.05, 3.63) is 69.0 Å². The summed E-state index contributed by atoms with van der Waals surface area (Å²) in [5, 5.41) is 0.964. The summed E-state index contributed by atoms with van der Waals surface area (Å²) in [5.74, 6) is 5.22. The van der Waals surface area contributed by atoms with E-state index in [1.807, 2.05) is 6.92 Å². The second kappa shape index (κ2) is 5.88. The molecule has 100 valence electrons. The van der Waals surface area contributed by atoms with Gasteiger partial charge in [-0.05, 0) is 30.7 Å². The highest BCUT2D eigenvalue weighted by atomic mass is 35.5. The maximum absolute atomic E-state index is 13.9. The van der Waals surface area contributed by atoms with E-state index in [1.54, 1.807) is 30.3 Å². The third kappa shape index (κ3) is 3.07. The monoisotopic (exact) mass is 298 g/mol. The standard InChI is InChI=1S/C14H13Cl2FN2/c1-8-2-5-13(17)11(6-8)14(19-18)10-4-3-9(15)7-12(10)16/h2-7,14,19H,18H2,1H3. The Labute approximate surface area is 121 Å². The molecule has 1 atom stereocenters. The predicted molar refractivity (Wildman–Crippen MR) is 76.8 cm³/mol. The van der Waals surface area contributed by atoms with Crippen LogP contribution in [0.1, 0.15) is 22.7 Å². The van der Waals surface area contributed by atoms with Crippen LogP contribution >= 0.6 is 23.2 Å². The number of benzene rings is 2. The minimum atomic E-state index is -0.523. The fourth-order valence-electron chi connectivity index (χ4n) is 1.97. The Kier molecular flexibility index (Phi) is 4.42. The van der Waals surface area contributed by atoms with Crippen LogP contribution in [0.5, 0.6) is 0 Å². The van der Waals surface area contributed by atoms with Gasteiger partial charge in [0.25, 0.3) is 0 Å². The van der Waals surface area contributed by atoms with Gasteiger partial charge in [0.1, 0.15) is 5.82 Å². The van der Waals surface area contributed by atoms with E-state index in [9.17, 15) is 4.39 Å². The zero-order valence-corrected chi connectivity index (χ0v) is 11.8. The summed E-state index contributed by atoms with van der Waals surface area (Å²) in [5.41, 5.74) is 4.67. The molecular weight excluding hydrogens is 286 g/mol. The number of halogens is 3. The molecule has 0 fully saturated rings. The van der Waals surface area contributed by atoms with Gasteiger partial charge in [-0.15, -0.1) is 0 Å². The number of hydrogen-bond donors (Lipinski definition) is 2. The van der Waals surface area contributed by atoms with Gasteiger partial charge in [-0.3, -0.25) is 5.84 Å². The quantitative estimate of drug-likeness (QED) is 0.664. The van der Waals surface area contributed by atoms with Gasteiger partial charge in [0.2, 0.25) is 0 Å². The Hall–Kier alpha value is -1.13. The Morgan fingerprint density at radius 1 is 1.11 bits per heavy atom. The topological polar surface area (TPSA) is 38.0 Å². The van der Waals surface area contributed by atoms with Crippen molar-refractivity contribution in [3.8, 4) is 0 Å². The van der Waals surface area contributed by atoms with Gasteiger partial charge in [0.15, 0.2) is 0 Å². The normalized spacial score (nSPS) is 12.5. The molecule has 5 heteroatoms. The van der Waals surface area contributed by atoms with Crippen molar-refractivity contribution in [1.29, 1.82) is 0 Å². The first kappa shape index (κ1) is 14.3. The van der Waals surface area contributed by atoms with Crippen LogP contribution in [0.3, 0.4) is 0 Å². The zero-order valence-electron chi connectivity index (χ0n) is 10.3. The minimum absolute atomic E-state index is 0.334. The Bertz CT molecular complexity index is 602. The molecule has 0 spiro atoms. The van der Waals surface area contributed by atoms with Gasteiger partial charge < -0.3 is 0 Å². The predicted octanol–water partition coefficient (Wildman–Crippen LogP) is 3.99. The molecule has 3 N–H and O–H groups in total. The second-order valence-electron chi connectivity index (χ2n) is 4.29. The summed E-state index contributed by atoms with van der Waals surface area (Å²) >= 11 is 12.0. The van der Waals surface area contributed by atoms with E-state index < -0.39 is 6.04 Å². The molecule has 2 aromatic carbocycles. The van der Waals surface area contributed by atoms with E-state index in [4.69, 9.17) is 29.0 Å². The number of hydrazine groups is 1. The van der Waals surface area contributed by atoms with E-state index in [0.717, 1.165) is 5.56 Å². The summed E-state index contributed by atoms with van der Waals surface area (Å²) in [7, 11) is 0. The van der Waals surface area contributed by atoms with E-state index in [0.29, 0.717) is 21.2 Å². The van der Waals surface area contributed by atoms with Crippen LogP contribution in [0.2, 0.25) is 10.0 Å². The summed E-state index contributed by atoms with van der Waals surface area (Å²) in [6, 6.07) is 9.37. The first-order valence-corrected chi connectivity index (χ1v) is 6.45. The Morgan fingerprint density at radius 3 is 2.47 bits per heavy atom. The molecule has 2 aromatic rings. The summed E-state index contributed by atoms with van der Waals surface area (Å²) < 4.78 is 13.9. The zero-order chi connectivity index (χ0) is 14.0. The van der Waals surface area contributed by atoms with Gasteiger partial charge in [0, 0.05) is 15.6 Å². The van der Waals surface area contributed by atoms with Crippen molar-refractivity contribution in [2.24, 2.45) is 5.84 Å². The van der Waals surface area contributed by atoms with Crippen molar-refractivity contribution >= 4 is 23.2 Å². The third-order valence-corrected chi connectivity index (χ3v) is 3.47. The molecule has 0 bridgehead atoms. The van der Waals surface area contributed by atoms with Crippen molar-refractivity contribution in [3.63, 3.8) is 0 Å². The van der Waals surface area contributed by atoms with Gasteiger partial charge >= 0.3 is 0 Å². The lowest BCUT2D eigenvalue weighted by molar-refractivity contribution is 0.559. The molecule has 19 heavy (non-hydrogen) atoms. The third-order valence-electron chi connectivity index (χ3n) is 2.90. The van der Waals surface area contributed by atoms with Crippen molar-refractivity contribution in [2.45, 2.75) is 13.0 Å². The van der Waals surface area contributed by atoms with Gasteiger partial charge in [-0.25, -0.2) is 9.82 Å². The van der Waals surface area contributed by atoms with Crippen LogP contribution in [0, 0.1) is 12.7 Å². The average Bonchev–Trinajstić information content (AvgIpc) is 2.36. The Balaban J connectivity index is 2.52. The maximum atomic E-state index is 13.9. The van der Waals surface area contributed by atoms with E-state index in [2.05, 4.69) is 5.43 Å². The molecule has 0 radical (unpaired) electrons. The number of aryl methyl sites for hydroxylation is 1. The number of nitrogens with one attached hydrogen (secondary N) is 1. The van der Waals surface area contributed by atoms with E-state index >= 15 is 0 Å². The van der Waals surface area contributed by atoms with Crippen LogP contribution in [-0.4, -0.2) is 0 Å². The highest BCUT2D eigenvalue weighted by Crippen LogP contribution is 2.31. The Morgan fingerprint density at radius 2 is 1.84 bits per heavy atom. The number of hydrogen-bond acceptors (Lipinski definition) is 2. The van der Waals surface area contributed by atoms with Crippen molar-refractivity contribution < 1.29 is 4.39 Å². The van der Waals surface area contributed by atoms with E-state index in [-0.39, 0.29) is 5.82 Å². The summed E-state index contributed by atoms with van der Waals surface area (Å²) in [6.07, 6.45) is 0. The van der Waals surface area contributed by atoms with Gasteiger partial charge in [-0.2, -0.15) is 0 Å². The number of nitrogens with two attached hydrogens (primary N) is 1. The molecule has 2 nitrogen and oxygen atoms in total. The lowest BCUT2D eigenvalue weighted by Crippen LogP contribution is -2.29. The molecule has 0 saturated carbocycles. The molecule has 0 amide bonds. The van der Waals surface area contributed by atoms with Crippen LogP contribution < -0.4 is 11.3 Å². The highest BCUT2D eigenvalue weighted by Gasteiger charge is 2.19. The smallest absolute Gasteiger partial charge is 0.128 e.